The zero-order valence-electron chi connectivity index (χ0n) is 12.7. The van der Waals surface area contributed by atoms with Crippen LogP contribution in [-0.2, 0) is 6.42 Å². The van der Waals surface area contributed by atoms with Crippen LogP contribution < -0.4 is 10.6 Å². The second-order valence-electron chi connectivity index (χ2n) is 5.02. The van der Waals surface area contributed by atoms with Gasteiger partial charge in [0, 0.05) is 24.2 Å². The maximum absolute atomic E-state index is 12.9. The Morgan fingerprint density at radius 3 is 2.58 bits per heavy atom. The van der Waals surface area contributed by atoms with Crippen molar-refractivity contribution in [2.75, 3.05) is 11.9 Å². The highest BCUT2D eigenvalue weighted by atomic mass is 19.1. The average Bonchev–Trinajstić information content (AvgIpc) is 3.05. The lowest BCUT2D eigenvalue weighted by Gasteiger charge is -2.05. The van der Waals surface area contributed by atoms with E-state index in [2.05, 4.69) is 20.8 Å². The lowest BCUT2D eigenvalue weighted by Crippen LogP contribution is -2.30. The molecule has 7 heteroatoms. The highest BCUT2D eigenvalue weighted by Gasteiger charge is 2.09. The maximum Gasteiger partial charge on any atom is 0.319 e. The number of hydrogen-bond acceptors (Lipinski definition) is 4. The van der Waals surface area contributed by atoms with Crippen molar-refractivity contribution in [2.24, 2.45) is 0 Å². The van der Waals surface area contributed by atoms with Crippen LogP contribution in [0.3, 0.4) is 0 Å². The lowest BCUT2D eigenvalue weighted by molar-refractivity contribution is 0.252. The van der Waals surface area contributed by atoms with Crippen LogP contribution in [0.5, 0.6) is 0 Å². The largest absolute Gasteiger partial charge is 0.339 e. The van der Waals surface area contributed by atoms with Crippen molar-refractivity contribution in [3.63, 3.8) is 0 Å². The quantitative estimate of drug-likeness (QED) is 0.754. The summed E-state index contributed by atoms with van der Waals surface area (Å²) in [6.45, 7) is 0.351. The van der Waals surface area contributed by atoms with Gasteiger partial charge in [0.05, 0.1) is 0 Å². The Balaban J connectivity index is 1.49. The summed E-state index contributed by atoms with van der Waals surface area (Å²) in [4.78, 5) is 16.0. The summed E-state index contributed by atoms with van der Waals surface area (Å²) < 4.78 is 18.0. The smallest absolute Gasteiger partial charge is 0.319 e. The third-order valence-electron chi connectivity index (χ3n) is 3.23. The minimum atomic E-state index is -0.323. The Morgan fingerprint density at radius 2 is 1.83 bits per heavy atom. The Labute approximate surface area is 137 Å². The Morgan fingerprint density at radius 1 is 1.08 bits per heavy atom. The van der Waals surface area contributed by atoms with Gasteiger partial charge in [0.1, 0.15) is 5.82 Å². The molecule has 3 rings (SSSR count). The molecule has 0 atom stereocenters. The Kier molecular flexibility index (Phi) is 4.81. The van der Waals surface area contributed by atoms with E-state index in [1.54, 1.807) is 24.3 Å². The van der Waals surface area contributed by atoms with Crippen molar-refractivity contribution < 1.29 is 13.7 Å². The number of aromatic nitrogens is 2. The summed E-state index contributed by atoms with van der Waals surface area (Å²) in [7, 11) is 0. The Hall–Kier alpha value is -3.22. The molecule has 24 heavy (non-hydrogen) atoms. The number of benzene rings is 2. The van der Waals surface area contributed by atoms with E-state index in [0.29, 0.717) is 35.9 Å². The van der Waals surface area contributed by atoms with Crippen molar-refractivity contribution in [1.82, 2.24) is 15.5 Å². The van der Waals surface area contributed by atoms with E-state index in [1.165, 1.54) is 12.1 Å². The predicted molar refractivity (Wildman–Crippen MR) is 86.9 cm³/mol. The van der Waals surface area contributed by atoms with Gasteiger partial charge in [-0.25, -0.2) is 9.18 Å². The van der Waals surface area contributed by atoms with Crippen LogP contribution in [-0.4, -0.2) is 22.7 Å². The SMILES string of the molecule is O=C(NCCc1nc(-c2ccc(F)cc2)no1)Nc1ccccc1. The topological polar surface area (TPSA) is 80.1 Å². The number of nitrogens with zero attached hydrogens (tertiary/aromatic N) is 2. The fourth-order valence-corrected chi connectivity index (χ4v) is 2.05. The molecule has 0 spiro atoms. The van der Waals surface area contributed by atoms with Gasteiger partial charge in [-0.1, -0.05) is 23.4 Å². The van der Waals surface area contributed by atoms with Crippen LogP contribution in [0.25, 0.3) is 11.4 Å². The van der Waals surface area contributed by atoms with Crippen LogP contribution in [0, 0.1) is 5.82 Å². The van der Waals surface area contributed by atoms with E-state index < -0.39 is 0 Å². The van der Waals surface area contributed by atoms with Crippen molar-refractivity contribution in [3.05, 3.63) is 66.3 Å². The van der Waals surface area contributed by atoms with Crippen molar-refractivity contribution >= 4 is 11.7 Å². The third kappa shape index (κ3) is 4.16. The van der Waals surface area contributed by atoms with Gasteiger partial charge in [-0.2, -0.15) is 4.98 Å². The molecule has 0 aliphatic rings. The molecule has 0 saturated heterocycles. The maximum atomic E-state index is 12.9. The van der Waals surface area contributed by atoms with Crippen LogP contribution in [0.1, 0.15) is 5.89 Å². The number of halogens is 1. The van der Waals surface area contributed by atoms with Crippen LogP contribution >= 0.6 is 0 Å². The van der Waals surface area contributed by atoms with Crippen LogP contribution in [0.2, 0.25) is 0 Å². The van der Waals surface area contributed by atoms with Crippen molar-refractivity contribution in [2.45, 2.75) is 6.42 Å². The molecule has 0 fully saturated rings. The van der Waals surface area contributed by atoms with Gasteiger partial charge in [-0.15, -0.1) is 0 Å². The molecule has 2 amide bonds. The first-order valence-electron chi connectivity index (χ1n) is 7.39. The first-order chi connectivity index (χ1) is 11.7. The zero-order chi connectivity index (χ0) is 16.8. The van der Waals surface area contributed by atoms with Gasteiger partial charge in [-0.3, -0.25) is 0 Å². The Bertz CT molecular complexity index is 803. The molecule has 2 aromatic carbocycles. The molecule has 0 aliphatic carbocycles. The summed E-state index contributed by atoms with van der Waals surface area (Å²) in [5.41, 5.74) is 1.38. The minimum Gasteiger partial charge on any atom is -0.339 e. The molecule has 1 aromatic heterocycles. The van der Waals surface area contributed by atoms with E-state index in [-0.39, 0.29) is 11.8 Å². The molecular weight excluding hydrogens is 311 g/mol. The van der Waals surface area contributed by atoms with Gasteiger partial charge >= 0.3 is 6.03 Å². The standard InChI is InChI=1S/C17H15FN4O2/c18-13-8-6-12(7-9-13)16-21-15(24-22-16)10-11-19-17(23)20-14-4-2-1-3-5-14/h1-9H,10-11H2,(H2,19,20,23). The molecule has 6 nitrogen and oxygen atoms in total. The molecular formula is C17H15FN4O2. The van der Waals surface area contributed by atoms with Crippen LogP contribution in [0.4, 0.5) is 14.9 Å². The van der Waals surface area contributed by atoms with E-state index in [4.69, 9.17) is 4.52 Å². The molecule has 3 aromatic rings. The van der Waals surface area contributed by atoms with Gasteiger partial charge in [-0.05, 0) is 36.4 Å². The number of rotatable bonds is 5. The van der Waals surface area contributed by atoms with Gasteiger partial charge < -0.3 is 15.2 Å². The summed E-state index contributed by atoms with van der Waals surface area (Å²) in [6, 6.07) is 14.7. The van der Waals surface area contributed by atoms with E-state index >= 15 is 0 Å². The summed E-state index contributed by atoms with van der Waals surface area (Å²) in [5.74, 6) is 0.462. The zero-order valence-corrected chi connectivity index (χ0v) is 12.7. The van der Waals surface area contributed by atoms with Crippen molar-refractivity contribution in [1.29, 1.82) is 0 Å². The van der Waals surface area contributed by atoms with Crippen molar-refractivity contribution in [3.8, 4) is 11.4 Å². The number of urea groups is 1. The average molecular weight is 326 g/mol. The molecule has 122 valence electrons. The number of nitrogens with one attached hydrogen (secondary N) is 2. The summed E-state index contributed by atoms with van der Waals surface area (Å²) in [5, 5.41) is 9.27. The van der Waals surface area contributed by atoms with Crippen LogP contribution in [0.15, 0.2) is 59.1 Å². The number of amides is 2. The molecule has 0 radical (unpaired) electrons. The number of para-hydroxylation sites is 1. The van der Waals surface area contributed by atoms with Gasteiger partial charge in [0.2, 0.25) is 11.7 Å². The van der Waals surface area contributed by atoms with Gasteiger partial charge in [0.15, 0.2) is 0 Å². The predicted octanol–water partition coefficient (Wildman–Crippen LogP) is 3.24. The molecule has 0 unspecified atom stereocenters. The highest BCUT2D eigenvalue weighted by Crippen LogP contribution is 2.16. The minimum absolute atomic E-state index is 0.306. The van der Waals surface area contributed by atoms with E-state index in [0.717, 1.165) is 0 Å². The highest BCUT2D eigenvalue weighted by molar-refractivity contribution is 5.89. The van der Waals surface area contributed by atoms with Gasteiger partial charge in [0.25, 0.3) is 0 Å². The molecule has 1 heterocycles. The second-order valence-corrected chi connectivity index (χ2v) is 5.02. The molecule has 0 bridgehead atoms. The fraction of sp³-hybridized carbons (Fsp3) is 0.118. The number of anilines is 1. The third-order valence-corrected chi connectivity index (χ3v) is 3.23. The number of carbonyl (C=O) groups excluding carboxylic acids is 1. The van der Waals surface area contributed by atoms with E-state index in [9.17, 15) is 9.18 Å². The fourth-order valence-electron chi connectivity index (χ4n) is 2.05. The molecule has 0 aliphatic heterocycles. The first kappa shape index (κ1) is 15.7. The first-order valence-corrected chi connectivity index (χ1v) is 7.39. The monoisotopic (exact) mass is 326 g/mol. The van der Waals surface area contributed by atoms with E-state index in [1.807, 2.05) is 18.2 Å². The summed E-state index contributed by atoms with van der Waals surface area (Å²) >= 11 is 0. The summed E-state index contributed by atoms with van der Waals surface area (Å²) in [6.07, 6.45) is 0.399. The number of hydrogen-bond donors (Lipinski definition) is 2. The number of carbonyl (C=O) groups is 1. The second kappa shape index (κ2) is 7.36. The lowest BCUT2D eigenvalue weighted by atomic mass is 10.2. The molecule has 2 N–H and O–H groups in total. The molecule has 0 saturated carbocycles. The normalized spacial score (nSPS) is 10.4.